The standard InChI is InChI=1S/C21H20N4O/c1-14-7-9-17(10-8-14)23-20(26)18-11-12-22-21(24-18)25-15(2)13-16-5-3-4-6-19(16)25/h3-12,15H,13H2,1-2H3,(H,23,26). The Bertz CT molecular complexity index is 952. The Kier molecular flexibility index (Phi) is 4.13. The molecule has 1 aliphatic heterocycles. The first-order valence-corrected chi connectivity index (χ1v) is 8.70. The number of amides is 1. The molecule has 4 rings (SSSR count). The molecule has 3 aromatic rings. The normalized spacial score (nSPS) is 15.6. The Morgan fingerprint density at radius 3 is 2.69 bits per heavy atom. The van der Waals surface area contributed by atoms with Gasteiger partial charge in [0.15, 0.2) is 0 Å². The van der Waals surface area contributed by atoms with Crippen molar-refractivity contribution in [2.24, 2.45) is 0 Å². The highest BCUT2D eigenvalue weighted by molar-refractivity contribution is 6.03. The molecule has 130 valence electrons. The fraction of sp³-hybridized carbons (Fsp3) is 0.190. The van der Waals surface area contributed by atoms with Crippen molar-refractivity contribution in [1.29, 1.82) is 0 Å². The summed E-state index contributed by atoms with van der Waals surface area (Å²) >= 11 is 0. The average Bonchev–Trinajstić information content (AvgIpc) is 2.99. The minimum Gasteiger partial charge on any atom is -0.321 e. The van der Waals surface area contributed by atoms with Gasteiger partial charge in [-0.3, -0.25) is 4.79 Å². The number of anilines is 3. The minimum absolute atomic E-state index is 0.238. The zero-order valence-electron chi connectivity index (χ0n) is 14.8. The molecule has 1 aliphatic rings. The van der Waals surface area contributed by atoms with Crippen LogP contribution in [0, 0.1) is 6.92 Å². The smallest absolute Gasteiger partial charge is 0.274 e. The molecular weight excluding hydrogens is 324 g/mol. The van der Waals surface area contributed by atoms with Crippen LogP contribution in [0.3, 0.4) is 0 Å². The van der Waals surface area contributed by atoms with E-state index in [9.17, 15) is 4.79 Å². The molecule has 0 fully saturated rings. The van der Waals surface area contributed by atoms with E-state index >= 15 is 0 Å². The molecule has 2 heterocycles. The zero-order valence-corrected chi connectivity index (χ0v) is 14.8. The second-order valence-electron chi connectivity index (χ2n) is 6.61. The number of carbonyl (C=O) groups is 1. The molecule has 1 N–H and O–H groups in total. The summed E-state index contributed by atoms with van der Waals surface area (Å²) in [5.74, 6) is 0.316. The third-order valence-corrected chi connectivity index (χ3v) is 4.61. The summed E-state index contributed by atoms with van der Waals surface area (Å²) in [5, 5.41) is 2.89. The van der Waals surface area contributed by atoms with Gasteiger partial charge in [0, 0.05) is 23.6 Å². The van der Waals surface area contributed by atoms with E-state index in [1.165, 1.54) is 5.56 Å². The van der Waals surface area contributed by atoms with Crippen LogP contribution in [-0.4, -0.2) is 21.9 Å². The van der Waals surface area contributed by atoms with Crippen LogP contribution in [0.25, 0.3) is 0 Å². The summed E-state index contributed by atoms with van der Waals surface area (Å²) in [7, 11) is 0. The number of para-hydroxylation sites is 1. The van der Waals surface area contributed by atoms with Gasteiger partial charge in [0.05, 0.1) is 0 Å². The molecule has 2 aromatic carbocycles. The maximum Gasteiger partial charge on any atom is 0.274 e. The van der Waals surface area contributed by atoms with E-state index in [2.05, 4.69) is 39.2 Å². The summed E-state index contributed by atoms with van der Waals surface area (Å²) in [6.07, 6.45) is 2.58. The minimum atomic E-state index is -0.238. The van der Waals surface area contributed by atoms with Gasteiger partial charge in [0.2, 0.25) is 5.95 Å². The van der Waals surface area contributed by atoms with Crippen molar-refractivity contribution >= 4 is 23.2 Å². The summed E-state index contributed by atoms with van der Waals surface area (Å²) < 4.78 is 0. The predicted molar refractivity (Wildman–Crippen MR) is 103 cm³/mol. The van der Waals surface area contributed by atoms with Gasteiger partial charge in [0.25, 0.3) is 5.91 Å². The first-order valence-electron chi connectivity index (χ1n) is 8.70. The lowest BCUT2D eigenvalue weighted by atomic mass is 10.1. The number of hydrogen-bond acceptors (Lipinski definition) is 4. The molecule has 26 heavy (non-hydrogen) atoms. The van der Waals surface area contributed by atoms with E-state index in [-0.39, 0.29) is 11.9 Å². The van der Waals surface area contributed by atoms with Gasteiger partial charge < -0.3 is 10.2 Å². The van der Waals surface area contributed by atoms with Gasteiger partial charge in [-0.05, 0) is 50.1 Å². The molecular formula is C21H20N4O. The quantitative estimate of drug-likeness (QED) is 0.776. The van der Waals surface area contributed by atoms with E-state index < -0.39 is 0 Å². The lowest BCUT2D eigenvalue weighted by Crippen LogP contribution is -2.26. The highest BCUT2D eigenvalue weighted by Gasteiger charge is 2.29. The highest BCUT2D eigenvalue weighted by Crippen LogP contribution is 2.36. The average molecular weight is 344 g/mol. The SMILES string of the molecule is Cc1ccc(NC(=O)c2ccnc(N3c4ccccc4CC3C)n2)cc1. The molecule has 1 unspecified atom stereocenters. The monoisotopic (exact) mass is 344 g/mol. The lowest BCUT2D eigenvalue weighted by Gasteiger charge is -2.22. The molecule has 0 bridgehead atoms. The molecule has 5 nitrogen and oxygen atoms in total. The zero-order chi connectivity index (χ0) is 18.1. The lowest BCUT2D eigenvalue weighted by molar-refractivity contribution is 0.102. The van der Waals surface area contributed by atoms with Crippen LogP contribution in [-0.2, 0) is 6.42 Å². The van der Waals surface area contributed by atoms with Crippen molar-refractivity contribution in [3.8, 4) is 0 Å². The van der Waals surface area contributed by atoms with E-state index in [1.807, 2.05) is 43.3 Å². The Morgan fingerprint density at radius 2 is 1.88 bits per heavy atom. The van der Waals surface area contributed by atoms with Gasteiger partial charge in [-0.2, -0.15) is 0 Å². The third kappa shape index (κ3) is 3.04. The van der Waals surface area contributed by atoms with Crippen LogP contribution >= 0.6 is 0 Å². The topological polar surface area (TPSA) is 58.1 Å². The Labute approximate surface area is 152 Å². The molecule has 0 radical (unpaired) electrons. The van der Waals surface area contributed by atoms with Crippen molar-refractivity contribution in [3.63, 3.8) is 0 Å². The van der Waals surface area contributed by atoms with E-state index in [0.29, 0.717) is 11.6 Å². The van der Waals surface area contributed by atoms with Gasteiger partial charge >= 0.3 is 0 Å². The maximum absolute atomic E-state index is 12.6. The van der Waals surface area contributed by atoms with Gasteiger partial charge in [-0.25, -0.2) is 9.97 Å². The van der Waals surface area contributed by atoms with Crippen molar-refractivity contribution in [1.82, 2.24) is 9.97 Å². The predicted octanol–water partition coefficient (Wildman–Crippen LogP) is 4.12. The first-order chi connectivity index (χ1) is 12.6. The molecule has 1 atom stereocenters. The number of benzene rings is 2. The summed E-state index contributed by atoms with van der Waals surface area (Å²) in [4.78, 5) is 23.6. The van der Waals surface area contributed by atoms with Crippen molar-refractivity contribution in [3.05, 3.63) is 77.6 Å². The number of hydrogen-bond donors (Lipinski definition) is 1. The van der Waals surface area contributed by atoms with Crippen LogP contribution in [0.5, 0.6) is 0 Å². The molecule has 0 saturated carbocycles. The van der Waals surface area contributed by atoms with Crippen LogP contribution in [0.1, 0.15) is 28.5 Å². The number of carbonyl (C=O) groups excluding carboxylic acids is 1. The van der Waals surface area contributed by atoms with Crippen LogP contribution in [0.15, 0.2) is 60.8 Å². The van der Waals surface area contributed by atoms with Gasteiger partial charge in [-0.1, -0.05) is 35.9 Å². The number of aromatic nitrogens is 2. The van der Waals surface area contributed by atoms with Crippen molar-refractivity contribution in [2.45, 2.75) is 26.3 Å². The number of nitrogens with zero attached hydrogens (tertiary/aromatic N) is 3. The summed E-state index contributed by atoms with van der Waals surface area (Å²) in [6, 6.07) is 17.8. The fourth-order valence-electron chi connectivity index (χ4n) is 3.29. The maximum atomic E-state index is 12.6. The molecule has 0 aliphatic carbocycles. The van der Waals surface area contributed by atoms with Crippen LogP contribution in [0.4, 0.5) is 17.3 Å². The molecule has 1 aromatic heterocycles. The Hall–Kier alpha value is -3.21. The van der Waals surface area contributed by atoms with E-state index in [1.54, 1.807) is 12.3 Å². The summed E-state index contributed by atoms with van der Waals surface area (Å²) in [5.41, 5.74) is 4.64. The number of rotatable bonds is 3. The number of fused-ring (bicyclic) bond motifs is 1. The highest BCUT2D eigenvalue weighted by atomic mass is 16.1. The summed E-state index contributed by atoms with van der Waals surface area (Å²) in [6.45, 7) is 4.15. The third-order valence-electron chi connectivity index (χ3n) is 4.61. The Balaban J connectivity index is 1.61. The fourth-order valence-corrected chi connectivity index (χ4v) is 3.29. The van der Waals surface area contributed by atoms with E-state index in [0.717, 1.165) is 23.4 Å². The molecule has 1 amide bonds. The second-order valence-corrected chi connectivity index (χ2v) is 6.61. The second kappa shape index (κ2) is 6.59. The molecule has 0 spiro atoms. The van der Waals surface area contributed by atoms with Crippen LogP contribution < -0.4 is 10.2 Å². The largest absolute Gasteiger partial charge is 0.321 e. The number of nitrogens with one attached hydrogen (secondary N) is 1. The van der Waals surface area contributed by atoms with E-state index in [4.69, 9.17) is 0 Å². The van der Waals surface area contributed by atoms with Gasteiger partial charge in [0.1, 0.15) is 5.69 Å². The van der Waals surface area contributed by atoms with Gasteiger partial charge in [-0.15, -0.1) is 0 Å². The number of aryl methyl sites for hydroxylation is 1. The van der Waals surface area contributed by atoms with Crippen molar-refractivity contribution in [2.75, 3.05) is 10.2 Å². The van der Waals surface area contributed by atoms with Crippen LogP contribution in [0.2, 0.25) is 0 Å². The van der Waals surface area contributed by atoms with Crippen molar-refractivity contribution < 1.29 is 4.79 Å². The molecule has 5 heteroatoms. The Morgan fingerprint density at radius 1 is 1.12 bits per heavy atom. The first kappa shape index (κ1) is 16.3. The molecule has 0 saturated heterocycles.